The van der Waals surface area contributed by atoms with Crippen LogP contribution in [0, 0.1) is 6.92 Å². The van der Waals surface area contributed by atoms with Gasteiger partial charge in [-0.25, -0.2) is 9.48 Å². The first kappa shape index (κ1) is 18.2. The molecular weight excluding hydrogens is 326 g/mol. The Kier molecular flexibility index (Phi) is 6.27. The molecule has 0 spiro atoms. The lowest BCUT2D eigenvalue weighted by atomic mass is 10.2. The molecule has 2 aromatic rings. The summed E-state index contributed by atoms with van der Waals surface area (Å²) in [7, 11) is 1.42. The lowest BCUT2D eigenvalue weighted by molar-refractivity contribution is -0.124. The highest BCUT2D eigenvalue weighted by molar-refractivity contribution is 5.89. The van der Waals surface area contributed by atoms with Crippen molar-refractivity contribution < 1.29 is 19.1 Å². The summed E-state index contributed by atoms with van der Waals surface area (Å²) in [4.78, 5) is 34.6. The smallest absolute Gasteiger partial charge is 0.359 e. The van der Waals surface area contributed by atoms with E-state index in [1.165, 1.54) is 19.2 Å². The van der Waals surface area contributed by atoms with Crippen molar-refractivity contribution in [1.29, 1.82) is 0 Å². The Hall–Kier alpha value is -3.16. The fourth-order valence-electron chi connectivity index (χ4n) is 1.93. The van der Waals surface area contributed by atoms with Gasteiger partial charge in [0.25, 0.3) is 11.5 Å². The highest BCUT2D eigenvalue weighted by atomic mass is 16.5. The molecule has 0 bridgehead atoms. The number of hydrogen-bond acceptors (Lipinski definition) is 6. The predicted molar refractivity (Wildman–Crippen MR) is 89.4 cm³/mol. The average molecular weight is 345 g/mol. The number of carbonyl (C=O) groups excluding carboxylic acids is 2. The maximum Gasteiger partial charge on any atom is 0.359 e. The second-order valence-electron chi connectivity index (χ2n) is 5.27. The van der Waals surface area contributed by atoms with E-state index >= 15 is 0 Å². The van der Waals surface area contributed by atoms with E-state index in [1.807, 2.05) is 31.2 Å². The van der Waals surface area contributed by atoms with Crippen molar-refractivity contribution in [2.45, 2.75) is 6.92 Å². The largest absolute Gasteiger partial charge is 0.492 e. The van der Waals surface area contributed by atoms with E-state index in [2.05, 4.69) is 10.4 Å². The number of aryl methyl sites for hydroxylation is 2. The number of carbonyl (C=O) groups is 2. The van der Waals surface area contributed by atoms with Gasteiger partial charge in [0.05, 0.1) is 6.54 Å². The third-order valence-corrected chi connectivity index (χ3v) is 3.19. The van der Waals surface area contributed by atoms with Crippen molar-refractivity contribution >= 4 is 11.9 Å². The number of amides is 1. The molecular formula is C17H19N3O5. The summed E-state index contributed by atoms with van der Waals surface area (Å²) < 4.78 is 11.4. The van der Waals surface area contributed by atoms with Gasteiger partial charge in [-0.2, -0.15) is 5.10 Å². The molecule has 132 valence electrons. The van der Waals surface area contributed by atoms with Crippen LogP contribution in [0.3, 0.4) is 0 Å². The third kappa shape index (κ3) is 5.76. The molecule has 0 radical (unpaired) electrons. The maximum absolute atomic E-state index is 11.8. The van der Waals surface area contributed by atoms with Crippen molar-refractivity contribution in [3.05, 3.63) is 58.0 Å². The third-order valence-electron chi connectivity index (χ3n) is 3.19. The Morgan fingerprint density at radius 1 is 1.24 bits per heavy atom. The van der Waals surface area contributed by atoms with E-state index in [1.54, 1.807) is 0 Å². The molecule has 0 atom stereocenters. The molecule has 0 saturated heterocycles. The molecule has 8 heteroatoms. The molecule has 1 amide bonds. The van der Waals surface area contributed by atoms with E-state index in [0.29, 0.717) is 6.61 Å². The second kappa shape index (κ2) is 8.62. The van der Waals surface area contributed by atoms with Crippen molar-refractivity contribution in [2.24, 2.45) is 7.05 Å². The molecule has 1 aromatic heterocycles. The van der Waals surface area contributed by atoms with Crippen molar-refractivity contribution in [3.63, 3.8) is 0 Å². The van der Waals surface area contributed by atoms with E-state index in [-0.39, 0.29) is 17.8 Å². The highest BCUT2D eigenvalue weighted by Crippen LogP contribution is 2.11. The van der Waals surface area contributed by atoms with Crippen LogP contribution in [0.25, 0.3) is 0 Å². The average Bonchev–Trinajstić information content (AvgIpc) is 2.59. The summed E-state index contributed by atoms with van der Waals surface area (Å²) in [6, 6.07) is 10.0. The van der Waals surface area contributed by atoms with Crippen LogP contribution in [0.2, 0.25) is 0 Å². The predicted octanol–water partition coefficient (Wildman–Crippen LogP) is 0.441. The number of nitrogens with zero attached hydrogens (tertiary/aromatic N) is 2. The van der Waals surface area contributed by atoms with Gasteiger partial charge in [0.15, 0.2) is 12.3 Å². The number of esters is 1. The Morgan fingerprint density at radius 3 is 2.76 bits per heavy atom. The molecule has 8 nitrogen and oxygen atoms in total. The number of benzene rings is 1. The fraction of sp³-hybridized carbons (Fsp3) is 0.294. The van der Waals surface area contributed by atoms with Gasteiger partial charge in [-0.15, -0.1) is 0 Å². The van der Waals surface area contributed by atoms with E-state index < -0.39 is 18.5 Å². The first-order valence-electron chi connectivity index (χ1n) is 7.63. The Bertz CT molecular complexity index is 816. The number of rotatable bonds is 7. The topological polar surface area (TPSA) is 99.5 Å². The Morgan fingerprint density at radius 2 is 2.04 bits per heavy atom. The Labute approximate surface area is 144 Å². The van der Waals surface area contributed by atoms with Gasteiger partial charge in [-0.3, -0.25) is 9.59 Å². The van der Waals surface area contributed by atoms with Crippen LogP contribution < -0.4 is 15.6 Å². The summed E-state index contributed by atoms with van der Waals surface area (Å²) >= 11 is 0. The van der Waals surface area contributed by atoms with Crippen LogP contribution in [-0.4, -0.2) is 41.4 Å². The second-order valence-corrected chi connectivity index (χ2v) is 5.27. The van der Waals surface area contributed by atoms with Gasteiger partial charge in [0.1, 0.15) is 12.4 Å². The molecule has 0 unspecified atom stereocenters. The summed E-state index contributed by atoms with van der Waals surface area (Å²) in [5, 5.41) is 6.32. The van der Waals surface area contributed by atoms with Gasteiger partial charge in [-0.05, 0) is 30.7 Å². The summed E-state index contributed by atoms with van der Waals surface area (Å²) in [5.74, 6) is -0.505. The van der Waals surface area contributed by atoms with Gasteiger partial charge < -0.3 is 14.8 Å². The molecule has 0 aliphatic rings. The van der Waals surface area contributed by atoms with E-state index in [4.69, 9.17) is 9.47 Å². The minimum atomic E-state index is -0.776. The molecule has 1 N–H and O–H groups in total. The first-order valence-corrected chi connectivity index (χ1v) is 7.63. The van der Waals surface area contributed by atoms with Crippen LogP contribution in [0.1, 0.15) is 16.1 Å². The highest BCUT2D eigenvalue weighted by Gasteiger charge is 2.12. The fourth-order valence-corrected chi connectivity index (χ4v) is 1.93. The van der Waals surface area contributed by atoms with Crippen molar-refractivity contribution in [3.8, 4) is 5.75 Å². The first-order chi connectivity index (χ1) is 12.0. The number of ether oxygens (including phenoxy) is 2. The summed E-state index contributed by atoms with van der Waals surface area (Å²) in [6.07, 6.45) is 0. The lowest BCUT2D eigenvalue weighted by Crippen LogP contribution is -2.32. The van der Waals surface area contributed by atoms with Gasteiger partial charge in [-0.1, -0.05) is 12.1 Å². The molecule has 25 heavy (non-hydrogen) atoms. The minimum absolute atomic E-state index is 0.0438. The molecule has 0 aliphatic carbocycles. The van der Waals surface area contributed by atoms with E-state index in [0.717, 1.165) is 16.0 Å². The van der Waals surface area contributed by atoms with Crippen LogP contribution >= 0.6 is 0 Å². The van der Waals surface area contributed by atoms with Gasteiger partial charge in [0, 0.05) is 13.1 Å². The summed E-state index contributed by atoms with van der Waals surface area (Å²) in [5.41, 5.74) is 0.695. The molecule has 0 aliphatic heterocycles. The van der Waals surface area contributed by atoms with Crippen LogP contribution in [0.4, 0.5) is 0 Å². The molecule has 2 rings (SSSR count). The lowest BCUT2D eigenvalue weighted by Gasteiger charge is -2.08. The van der Waals surface area contributed by atoms with Gasteiger partial charge in [0.2, 0.25) is 0 Å². The number of hydrogen-bond donors (Lipinski definition) is 1. The zero-order chi connectivity index (χ0) is 18.2. The standard InChI is InChI=1S/C17H19N3O5/c1-12-4-3-5-13(10-12)24-9-8-18-15(21)11-25-17(23)14-6-7-16(22)20(2)19-14/h3-7,10H,8-9,11H2,1-2H3,(H,18,21). The molecule has 0 saturated carbocycles. The monoisotopic (exact) mass is 345 g/mol. The maximum atomic E-state index is 11.8. The number of nitrogens with one attached hydrogen (secondary N) is 1. The van der Waals surface area contributed by atoms with Crippen molar-refractivity contribution in [2.75, 3.05) is 19.8 Å². The normalized spacial score (nSPS) is 10.2. The quantitative estimate of drug-likeness (QED) is 0.577. The van der Waals surface area contributed by atoms with Crippen molar-refractivity contribution in [1.82, 2.24) is 15.1 Å². The molecule has 0 fully saturated rings. The molecule has 1 heterocycles. The van der Waals surface area contributed by atoms with Crippen LogP contribution in [-0.2, 0) is 16.6 Å². The Balaban J connectivity index is 1.69. The SMILES string of the molecule is Cc1cccc(OCCNC(=O)COC(=O)c2ccc(=O)n(C)n2)c1. The number of aromatic nitrogens is 2. The summed E-state index contributed by atoms with van der Waals surface area (Å²) in [6.45, 7) is 2.10. The van der Waals surface area contributed by atoms with E-state index in [9.17, 15) is 14.4 Å². The van der Waals surface area contributed by atoms with Crippen LogP contribution in [0.5, 0.6) is 5.75 Å². The van der Waals surface area contributed by atoms with Gasteiger partial charge >= 0.3 is 5.97 Å². The van der Waals surface area contributed by atoms with Crippen LogP contribution in [0.15, 0.2) is 41.2 Å². The minimum Gasteiger partial charge on any atom is -0.492 e. The zero-order valence-electron chi connectivity index (χ0n) is 14.0. The molecule has 1 aromatic carbocycles. The zero-order valence-corrected chi connectivity index (χ0v) is 14.0.